The molecule has 0 unspecified atom stereocenters. The van der Waals surface area contributed by atoms with Gasteiger partial charge in [0.2, 0.25) is 0 Å². The second-order valence-corrected chi connectivity index (χ2v) is 4.77. The molecule has 6 heteroatoms. The normalized spacial score (nSPS) is 10.6. The van der Waals surface area contributed by atoms with Gasteiger partial charge in [0, 0.05) is 5.56 Å². The van der Waals surface area contributed by atoms with Gasteiger partial charge in [0.1, 0.15) is 11.3 Å². The highest BCUT2D eigenvalue weighted by Crippen LogP contribution is 2.13. The maximum Gasteiger partial charge on any atom is 0.280 e. The molecule has 0 saturated carbocycles. The quantitative estimate of drug-likeness (QED) is 0.688. The fourth-order valence-electron chi connectivity index (χ4n) is 2.03. The van der Waals surface area contributed by atoms with E-state index in [1.54, 1.807) is 48.5 Å². The molecule has 0 N–H and O–H groups in total. The highest BCUT2D eigenvalue weighted by Gasteiger charge is 2.05. The van der Waals surface area contributed by atoms with Crippen molar-refractivity contribution in [2.24, 2.45) is 0 Å². The lowest BCUT2D eigenvalue weighted by Crippen LogP contribution is -2.26. The van der Waals surface area contributed by atoms with E-state index in [0.29, 0.717) is 22.2 Å². The molecule has 1 heterocycles. The van der Waals surface area contributed by atoms with E-state index in [0.717, 1.165) is 4.68 Å². The predicted octanol–water partition coefficient (Wildman–Crippen LogP) is 2.03. The number of hydrogen-bond acceptors (Lipinski definition) is 5. The lowest BCUT2D eigenvalue weighted by molar-refractivity contribution is 0.101. The number of benzene rings is 2. The molecule has 1 aromatic heterocycles. The van der Waals surface area contributed by atoms with E-state index >= 15 is 0 Å². The number of hydrogen-bond donors (Lipinski definition) is 0. The van der Waals surface area contributed by atoms with E-state index in [2.05, 4.69) is 10.3 Å². The molecule has 6 nitrogen and oxygen atoms in total. The summed E-state index contributed by atoms with van der Waals surface area (Å²) in [5, 5.41) is 8.32. The van der Waals surface area contributed by atoms with Crippen molar-refractivity contribution >= 4 is 16.7 Å². The first-order valence-corrected chi connectivity index (χ1v) is 6.71. The van der Waals surface area contributed by atoms with Crippen LogP contribution in [0.2, 0.25) is 0 Å². The summed E-state index contributed by atoms with van der Waals surface area (Å²) < 4.78 is 6.66. The van der Waals surface area contributed by atoms with Gasteiger partial charge in [0.25, 0.3) is 5.56 Å². The maximum atomic E-state index is 12.2. The van der Waals surface area contributed by atoms with Crippen molar-refractivity contribution < 1.29 is 9.53 Å². The van der Waals surface area contributed by atoms with Gasteiger partial charge in [-0.3, -0.25) is 9.59 Å². The van der Waals surface area contributed by atoms with E-state index in [-0.39, 0.29) is 18.1 Å². The van der Waals surface area contributed by atoms with Crippen molar-refractivity contribution in [2.75, 3.05) is 0 Å². The number of carbonyl (C=O) groups is 1. The summed E-state index contributed by atoms with van der Waals surface area (Å²) in [5.74, 6) is 0.537. The van der Waals surface area contributed by atoms with Crippen LogP contribution in [0.25, 0.3) is 10.9 Å². The fraction of sp³-hybridized carbons (Fsp3) is 0.125. The summed E-state index contributed by atoms with van der Waals surface area (Å²) >= 11 is 0. The first-order valence-electron chi connectivity index (χ1n) is 6.71. The fourth-order valence-corrected chi connectivity index (χ4v) is 2.03. The van der Waals surface area contributed by atoms with Gasteiger partial charge in [0.05, 0.1) is 5.39 Å². The zero-order valence-corrected chi connectivity index (χ0v) is 11.9. The van der Waals surface area contributed by atoms with Gasteiger partial charge >= 0.3 is 0 Å². The summed E-state index contributed by atoms with van der Waals surface area (Å²) in [5.41, 5.74) is 0.899. The molecule has 0 amide bonds. The summed E-state index contributed by atoms with van der Waals surface area (Å²) in [6.45, 7) is 1.45. The van der Waals surface area contributed by atoms with Crippen LogP contribution in [0.15, 0.2) is 53.3 Å². The van der Waals surface area contributed by atoms with Gasteiger partial charge in [-0.15, -0.1) is 5.10 Å². The lowest BCUT2D eigenvalue weighted by atomic mass is 10.1. The van der Waals surface area contributed by atoms with Gasteiger partial charge in [-0.05, 0) is 43.3 Å². The summed E-state index contributed by atoms with van der Waals surface area (Å²) in [6, 6.07) is 13.7. The van der Waals surface area contributed by atoms with Crippen molar-refractivity contribution in [1.29, 1.82) is 0 Å². The number of Topliss-reactive ketones (excluding diaryl/α,β-unsaturated/α-hetero) is 1. The van der Waals surface area contributed by atoms with Gasteiger partial charge in [-0.2, -0.15) is 4.68 Å². The van der Waals surface area contributed by atoms with E-state index in [4.69, 9.17) is 4.74 Å². The smallest absolute Gasteiger partial charge is 0.280 e. The number of nitrogens with zero attached hydrogens (tertiary/aromatic N) is 3. The highest BCUT2D eigenvalue weighted by molar-refractivity contribution is 5.94. The van der Waals surface area contributed by atoms with Gasteiger partial charge in [-0.1, -0.05) is 17.3 Å². The molecule has 0 radical (unpaired) electrons. The SMILES string of the molecule is CC(=O)c1ccc(OCn2nnc3ccccc3c2=O)cc1. The van der Waals surface area contributed by atoms with Crippen LogP contribution in [-0.2, 0) is 6.73 Å². The lowest BCUT2D eigenvalue weighted by Gasteiger charge is -2.08. The number of fused-ring (bicyclic) bond motifs is 1. The summed E-state index contributed by atoms with van der Waals surface area (Å²) in [6.07, 6.45) is 0. The Hall–Kier alpha value is -3.02. The second kappa shape index (κ2) is 5.77. The predicted molar refractivity (Wildman–Crippen MR) is 80.9 cm³/mol. The van der Waals surface area contributed by atoms with E-state index in [1.807, 2.05) is 0 Å². The minimum atomic E-state index is -0.258. The molecule has 0 aliphatic heterocycles. The average Bonchev–Trinajstić information content (AvgIpc) is 2.55. The molecule has 0 saturated heterocycles. The monoisotopic (exact) mass is 295 g/mol. The largest absolute Gasteiger partial charge is 0.471 e. The number of carbonyl (C=O) groups excluding carboxylic acids is 1. The van der Waals surface area contributed by atoms with Crippen LogP contribution in [0.5, 0.6) is 5.75 Å². The molecule has 3 rings (SSSR count). The third-order valence-corrected chi connectivity index (χ3v) is 3.24. The van der Waals surface area contributed by atoms with Crippen molar-refractivity contribution in [3.05, 3.63) is 64.4 Å². The number of aromatic nitrogens is 3. The van der Waals surface area contributed by atoms with Crippen LogP contribution in [0, 0.1) is 0 Å². The molecule has 0 aliphatic carbocycles. The van der Waals surface area contributed by atoms with Crippen LogP contribution >= 0.6 is 0 Å². The number of ketones is 1. The van der Waals surface area contributed by atoms with Crippen molar-refractivity contribution in [3.63, 3.8) is 0 Å². The van der Waals surface area contributed by atoms with Crippen LogP contribution < -0.4 is 10.3 Å². The van der Waals surface area contributed by atoms with Crippen LogP contribution in [-0.4, -0.2) is 20.8 Å². The minimum absolute atomic E-state index is 0.0110. The molecule has 0 bridgehead atoms. The third-order valence-electron chi connectivity index (χ3n) is 3.24. The Morgan fingerprint density at radius 2 is 1.86 bits per heavy atom. The van der Waals surface area contributed by atoms with Gasteiger partial charge < -0.3 is 4.74 Å². The van der Waals surface area contributed by atoms with Crippen LogP contribution in [0.1, 0.15) is 17.3 Å². The van der Waals surface area contributed by atoms with Crippen molar-refractivity contribution in [2.45, 2.75) is 13.7 Å². The Balaban J connectivity index is 1.80. The van der Waals surface area contributed by atoms with Crippen LogP contribution in [0.3, 0.4) is 0 Å². The van der Waals surface area contributed by atoms with E-state index in [9.17, 15) is 9.59 Å². The standard InChI is InChI=1S/C16H13N3O3/c1-11(20)12-6-8-13(9-7-12)22-10-19-16(21)14-4-2-3-5-15(14)17-18-19/h2-9H,10H2,1H3. The molecule has 0 fully saturated rings. The first-order chi connectivity index (χ1) is 10.6. The minimum Gasteiger partial charge on any atom is -0.471 e. The Morgan fingerprint density at radius 1 is 1.14 bits per heavy atom. The number of rotatable bonds is 4. The highest BCUT2D eigenvalue weighted by atomic mass is 16.5. The Bertz CT molecular complexity index is 885. The molecule has 22 heavy (non-hydrogen) atoms. The number of ether oxygens (including phenoxy) is 1. The average molecular weight is 295 g/mol. The van der Waals surface area contributed by atoms with Gasteiger partial charge in [0.15, 0.2) is 12.5 Å². The zero-order valence-electron chi connectivity index (χ0n) is 11.9. The topological polar surface area (TPSA) is 74.1 Å². The Morgan fingerprint density at radius 3 is 2.59 bits per heavy atom. The molecule has 0 atom stereocenters. The van der Waals surface area contributed by atoms with Crippen molar-refractivity contribution in [3.8, 4) is 5.75 Å². The molecular formula is C16H13N3O3. The summed E-state index contributed by atoms with van der Waals surface area (Å²) in [4.78, 5) is 23.4. The molecule has 3 aromatic rings. The van der Waals surface area contributed by atoms with E-state index in [1.165, 1.54) is 6.92 Å². The first kappa shape index (κ1) is 13.9. The third kappa shape index (κ3) is 2.71. The van der Waals surface area contributed by atoms with E-state index < -0.39 is 0 Å². The molecule has 0 spiro atoms. The molecule has 0 aliphatic rings. The molecule has 2 aromatic carbocycles. The van der Waals surface area contributed by atoms with Gasteiger partial charge in [-0.25, -0.2) is 0 Å². The summed E-state index contributed by atoms with van der Waals surface area (Å²) in [7, 11) is 0. The van der Waals surface area contributed by atoms with Crippen molar-refractivity contribution in [1.82, 2.24) is 15.0 Å². The molecular weight excluding hydrogens is 282 g/mol. The molecule has 110 valence electrons. The Labute approximate surface area is 126 Å². The van der Waals surface area contributed by atoms with Crippen LogP contribution in [0.4, 0.5) is 0 Å². The zero-order chi connectivity index (χ0) is 15.5. The maximum absolute atomic E-state index is 12.2. The second-order valence-electron chi connectivity index (χ2n) is 4.77. The Kier molecular flexibility index (Phi) is 3.65.